The van der Waals surface area contributed by atoms with Gasteiger partial charge in [0.25, 0.3) is 0 Å². The van der Waals surface area contributed by atoms with Gasteiger partial charge in [0.2, 0.25) is 11.8 Å². The highest BCUT2D eigenvalue weighted by Gasteiger charge is 2.21. The summed E-state index contributed by atoms with van der Waals surface area (Å²) in [5, 5.41) is 5.29. The molecular weight excluding hydrogens is 218 g/mol. The summed E-state index contributed by atoms with van der Waals surface area (Å²) in [5.74, 6) is 0.0307. The number of hydrogen-bond acceptors (Lipinski definition) is 3. The number of carbonyl (C=O) groups excluding carboxylic acids is 2. The number of rotatable bonds is 7. The van der Waals surface area contributed by atoms with Gasteiger partial charge in [-0.25, -0.2) is 0 Å². The molecule has 0 aliphatic carbocycles. The molecule has 0 heterocycles. The maximum absolute atomic E-state index is 11.7. The average Bonchev–Trinajstić information content (AvgIpc) is 2.26. The van der Waals surface area contributed by atoms with Crippen molar-refractivity contribution < 1.29 is 9.59 Å². The van der Waals surface area contributed by atoms with Crippen LogP contribution in [0.5, 0.6) is 0 Å². The molecule has 17 heavy (non-hydrogen) atoms. The molecule has 5 nitrogen and oxygen atoms in total. The number of nitrogens with two attached hydrogens (primary N) is 1. The van der Waals surface area contributed by atoms with E-state index in [0.717, 1.165) is 6.42 Å². The summed E-state index contributed by atoms with van der Waals surface area (Å²) in [4.78, 5) is 23.2. The van der Waals surface area contributed by atoms with Crippen LogP contribution in [0.15, 0.2) is 0 Å². The zero-order chi connectivity index (χ0) is 13.4. The predicted molar refractivity (Wildman–Crippen MR) is 68.3 cm³/mol. The smallest absolute Gasteiger partial charge is 0.242 e. The minimum atomic E-state index is -0.462. The molecule has 2 amide bonds. The van der Waals surface area contributed by atoms with Gasteiger partial charge in [-0.3, -0.25) is 9.59 Å². The molecule has 0 aromatic carbocycles. The number of amides is 2. The van der Waals surface area contributed by atoms with Crippen molar-refractivity contribution in [3.05, 3.63) is 0 Å². The molecular formula is C12H25N3O2. The highest BCUT2D eigenvalue weighted by Crippen LogP contribution is 2.05. The van der Waals surface area contributed by atoms with Crippen LogP contribution in [0.3, 0.4) is 0 Å². The molecule has 0 aromatic rings. The van der Waals surface area contributed by atoms with Crippen molar-refractivity contribution in [3.63, 3.8) is 0 Å². The average molecular weight is 243 g/mol. The normalized spacial score (nSPS) is 14.2. The van der Waals surface area contributed by atoms with Gasteiger partial charge in [-0.1, -0.05) is 20.8 Å². The lowest BCUT2D eigenvalue weighted by Crippen LogP contribution is -2.47. The summed E-state index contributed by atoms with van der Waals surface area (Å²) in [6.45, 7) is 5.96. The number of nitrogens with one attached hydrogen (secondary N) is 2. The molecule has 0 bridgehead atoms. The summed E-state index contributed by atoms with van der Waals surface area (Å²) >= 11 is 0. The molecule has 2 unspecified atom stereocenters. The van der Waals surface area contributed by atoms with Gasteiger partial charge in [-0.2, -0.15) is 0 Å². The maximum Gasteiger partial charge on any atom is 0.242 e. The molecule has 0 spiro atoms. The fraction of sp³-hybridized carbons (Fsp3) is 0.833. The molecule has 0 saturated heterocycles. The van der Waals surface area contributed by atoms with Crippen molar-refractivity contribution in [2.24, 2.45) is 11.7 Å². The summed E-state index contributed by atoms with van der Waals surface area (Å²) < 4.78 is 0. The minimum Gasteiger partial charge on any atom is -0.357 e. The Morgan fingerprint density at radius 2 is 1.88 bits per heavy atom. The monoisotopic (exact) mass is 243 g/mol. The predicted octanol–water partition coefficient (Wildman–Crippen LogP) is 0.391. The first-order valence-electron chi connectivity index (χ1n) is 6.17. The Kier molecular flexibility index (Phi) is 7.54. The second-order valence-electron chi connectivity index (χ2n) is 4.74. The van der Waals surface area contributed by atoms with Gasteiger partial charge in [-0.15, -0.1) is 0 Å². The lowest BCUT2D eigenvalue weighted by Gasteiger charge is -2.20. The number of carbonyl (C=O) groups is 2. The summed E-state index contributed by atoms with van der Waals surface area (Å²) in [5.41, 5.74) is 5.70. The Bertz CT molecular complexity index is 254. The zero-order valence-corrected chi connectivity index (χ0v) is 11.2. The molecule has 2 atom stereocenters. The van der Waals surface area contributed by atoms with Gasteiger partial charge < -0.3 is 16.4 Å². The largest absolute Gasteiger partial charge is 0.357 e. The number of likely N-dealkylation sites (N-methyl/N-ethyl adjacent to an activating group) is 1. The van der Waals surface area contributed by atoms with Crippen LogP contribution in [-0.4, -0.2) is 30.9 Å². The van der Waals surface area contributed by atoms with E-state index < -0.39 is 6.04 Å². The minimum absolute atomic E-state index is 0.139. The third kappa shape index (κ3) is 6.94. The van der Waals surface area contributed by atoms with Gasteiger partial charge in [0, 0.05) is 19.5 Å². The van der Waals surface area contributed by atoms with Crippen molar-refractivity contribution in [2.45, 2.75) is 52.1 Å². The maximum atomic E-state index is 11.7. The molecule has 0 radical (unpaired) electrons. The zero-order valence-electron chi connectivity index (χ0n) is 11.2. The van der Waals surface area contributed by atoms with Gasteiger partial charge in [-0.05, 0) is 18.8 Å². The quantitative estimate of drug-likeness (QED) is 0.605. The van der Waals surface area contributed by atoms with Crippen molar-refractivity contribution in [3.8, 4) is 0 Å². The fourth-order valence-corrected chi connectivity index (χ4v) is 1.51. The Labute approximate surface area is 104 Å². The highest BCUT2D eigenvalue weighted by atomic mass is 16.2. The Morgan fingerprint density at radius 1 is 1.29 bits per heavy atom. The molecule has 0 rings (SSSR count). The first kappa shape index (κ1) is 15.9. The van der Waals surface area contributed by atoms with E-state index in [1.807, 2.05) is 20.8 Å². The summed E-state index contributed by atoms with van der Waals surface area (Å²) in [7, 11) is 1.57. The van der Waals surface area contributed by atoms with Crippen LogP contribution in [-0.2, 0) is 9.59 Å². The molecule has 0 saturated carbocycles. The third-order valence-electron chi connectivity index (χ3n) is 2.58. The first-order valence-corrected chi connectivity index (χ1v) is 6.17. The van der Waals surface area contributed by atoms with Crippen LogP contribution in [0.25, 0.3) is 0 Å². The van der Waals surface area contributed by atoms with Crippen LogP contribution < -0.4 is 16.4 Å². The lowest BCUT2D eigenvalue weighted by molar-refractivity contribution is -0.129. The molecule has 0 aliphatic heterocycles. The Balaban J connectivity index is 4.32. The van der Waals surface area contributed by atoms with Crippen LogP contribution in [0, 0.1) is 5.92 Å². The van der Waals surface area contributed by atoms with Crippen LogP contribution in [0.4, 0.5) is 0 Å². The molecule has 0 aromatic heterocycles. The van der Waals surface area contributed by atoms with Crippen molar-refractivity contribution in [1.29, 1.82) is 0 Å². The molecule has 5 heteroatoms. The standard InChI is InChI=1S/C12H25N3O2/c1-5-9(13)7-11(16)15-10(6-8(2)3)12(17)14-4/h8-10H,5-7,13H2,1-4H3,(H,14,17)(H,15,16). The van der Waals surface area contributed by atoms with Gasteiger partial charge in [0.15, 0.2) is 0 Å². The Morgan fingerprint density at radius 3 is 2.29 bits per heavy atom. The van der Waals surface area contributed by atoms with E-state index in [1.54, 1.807) is 7.05 Å². The van der Waals surface area contributed by atoms with E-state index in [-0.39, 0.29) is 24.3 Å². The highest BCUT2D eigenvalue weighted by molar-refractivity contribution is 5.87. The molecule has 0 fully saturated rings. The van der Waals surface area contributed by atoms with E-state index in [0.29, 0.717) is 12.3 Å². The van der Waals surface area contributed by atoms with E-state index in [4.69, 9.17) is 5.73 Å². The van der Waals surface area contributed by atoms with Gasteiger partial charge >= 0.3 is 0 Å². The van der Waals surface area contributed by atoms with Crippen molar-refractivity contribution >= 4 is 11.8 Å². The van der Waals surface area contributed by atoms with E-state index >= 15 is 0 Å². The topological polar surface area (TPSA) is 84.2 Å². The van der Waals surface area contributed by atoms with Crippen LogP contribution >= 0.6 is 0 Å². The number of hydrogen-bond donors (Lipinski definition) is 3. The fourth-order valence-electron chi connectivity index (χ4n) is 1.51. The SMILES string of the molecule is CCC(N)CC(=O)NC(CC(C)C)C(=O)NC. The third-order valence-corrected chi connectivity index (χ3v) is 2.58. The second kappa shape index (κ2) is 8.06. The first-order chi connectivity index (χ1) is 7.90. The van der Waals surface area contributed by atoms with E-state index in [2.05, 4.69) is 10.6 Å². The van der Waals surface area contributed by atoms with Crippen molar-refractivity contribution in [1.82, 2.24) is 10.6 Å². The van der Waals surface area contributed by atoms with E-state index in [1.165, 1.54) is 0 Å². The van der Waals surface area contributed by atoms with Crippen molar-refractivity contribution in [2.75, 3.05) is 7.05 Å². The second-order valence-corrected chi connectivity index (χ2v) is 4.74. The lowest BCUT2D eigenvalue weighted by atomic mass is 10.0. The van der Waals surface area contributed by atoms with Gasteiger partial charge in [0.1, 0.15) is 6.04 Å². The Hall–Kier alpha value is -1.10. The van der Waals surface area contributed by atoms with Crippen LogP contribution in [0.2, 0.25) is 0 Å². The van der Waals surface area contributed by atoms with E-state index in [9.17, 15) is 9.59 Å². The molecule has 0 aliphatic rings. The summed E-state index contributed by atoms with van der Waals surface area (Å²) in [6.07, 6.45) is 1.65. The van der Waals surface area contributed by atoms with Crippen LogP contribution in [0.1, 0.15) is 40.0 Å². The van der Waals surface area contributed by atoms with Gasteiger partial charge in [0.05, 0.1) is 0 Å². The molecule has 100 valence electrons. The molecule has 4 N–H and O–H groups in total. The summed E-state index contributed by atoms with van der Waals surface area (Å²) in [6, 6.07) is -0.601.